The number of benzene rings is 1. The molecule has 1 heterocycles. The molecule has 1 aromatic heterocycles. The molecule has 0 aliphatic heterocycles. The van der Waals surface area contributed by atoms with Gasteiger partial charge in [0.1, 0.15) is 0 Å². The van der Waals surface area contributed by atoms with Crippen LogP contribution in [0.1, 0.15) is 10.4 Å². The predicted octanol–water partition coefficient (Wildman–Crippen LogP) is 3.04. The largest absolute Gasteiger partial charge is 0.465 e. The van der Waals surface area contributed by atoms with E-state index in [2.05, 4.69) is 14.4 Å². The van der Waals surface area contributed by atoms with E-state index in [1.807, 2.05) is 0 Å². The topological polar surface area (TPSA) is 85.4 Å². The van der Waals surface area contributed by atoms with Crippen molar-refractivity contribution in [2.24, 2.45) is 0 Å². The van der Waals surface area contributed by atoms with Gasteiger partial charge in [-0.25, -0.2) is 18.2 Å². The molecule has 0 amide bonds. The van der Waals surface area contributed by atoms with Gasteiger partial charge in [0.05, 0.1) is 12.7 Å². The first-order chi connectivity index (χ1) is 9.83. The molecule has 1 aromatic carbocycles. The van der Waals surface area contributed by atoms with E-state index in [9.17, 15) is 13.2 Å². The zero-order valence-electron chi connectivity index (χ0n) is 10.5. The minimum Gasteiger partial charge on any atom is -0.465 e. The van der Waals surface area contributed by atoms with Gasteiger partial charge in [-0.1, -0.05) is 34.5 Å². The number of hydrogen-bond donors (Lipinski definition) is 1. The molecule has 0 bridgehead atoms. The van der Waals surface area contributed by atoms with E-state index in [-0.39, 0.29) is 19.5 Å². The fourth-order valence-electron chi connectivity index (χ4n) is 1.42. The van der Waals surface area contributed by atoms with E-state index in [4.69, 9.17) is 23.2 Å². The Kier molecular flexibility index (Phi) is 4.72. The van der Waals surface area contributed by atoms with E-state index >= 15 is 0 Å². The Morgan fingerprint density at radius 3 is 2.38 bits per heavy atom. The zero-order valence-corrected chi connectivity index (χ0v) is 13.6. The summed E-state index contributed by atoms with van der Waals surface area (Å²) in [7, 11) is -2.63. The van der Waals surface area contributed by atoms with E-state index in [0.29, 0.717) is 5.56 Å². The highest BCUT2D eigenvalue weighted by molar-refractivity contribution is 7.94. The first-order valence-corrected chi connectivity index (χ1v) is 8.42. The number of sulfonamides is 1. The predicted molar refractivity (Wildman–Crippen MR) is 80.7 cm³/mol. The summed E-state index contributed by atoms with van der Waals surface area (Å²) >= 11 is 12.1. The number of thiazole rings is 1. The number of carbonyl (C=O) groups is 1. The quantitative estimate of drug-likeness (QED) is 0.840. The number of esters is 1. The summed E-state index contributed by atoms with van der Waals surface area (Å²) in [6.07, 6.45) is 0. The Bertz CT molecular complexity index is 772. The summed E-state index contributed by atoms with van der Waals surface area (Å²) in [4.78, 5) is 14.9. The van der Waals surface area contributed by atoms with E-state index in [0.717, 1.165) is 11.3 Å². The number of aromatic nitrogens is 1. The summed E-state index contributed by atoms with van der Waals surface area (Å²) in [6.45, 7) is 0. The fraction of sp³-hybridized carbons (Fsp3) is 0.0909. The van der Waals surface area contributed by atoms with E-state index < -0.39 is 16.0 Å². The van der Waals surface area contributed by atoms with Crippen LogP contribution < -0.4 is 4.72 Å². The summed E-state index contributed by atoms with van der Waals surface area (Å²) < 4.78 is 31.0. The molecule has 0 spiro atoms. The Labute approximate surface area is 134 Å². The summed E-state index contributed by atoms with van der Waals surface area (Å²) in [5.41, 5.74) is 0.572. The van der Waals surface area contributed by atoms with Gasteiger partial charge in [-0.15, -0.1) is 0 Å². The number of ether oxygens (including phenoxy) is 1. The van der Waals surface area contributed by atoms with Crippen molar-refractivity contribution in [3.63, 3.8) is 0 Å². The van der Waals surface area contributed by atoms with Gasteiger partial charge in [0.15, 0.2) is 13.8 Å². The van der Waals surface area contributed by atoms with Crippen molar-refractivity contribution >= 4 is 56.2 Å². The number of nitrogens with one attached hydrogen (secondary N) is 1. The summed E-state index contributed by atoms with van der Waals surface area (Å²) in [5, 5.41) is -0.191. The monoisotopic (exact) mass is 366 g/mol. The van der Waals surface area contributed by atoms with Crippen LogP contribution in [0.15, 0.2) is 28.5 Å². The molecule has 21 heavy (non-hydrogen) atoms. The number of anilines is 1. The SMILES string of the molecule is COC(=O)c1ccc(NS(=O)(=O)c2sc(Cl)nc2Cl)cc1. The molecule has 0 saturated heterocycles. The molecular formula is C11H8Cl2N2O4S2. The lowest BCUT2D eigenvalue weighted by molar-refractivity contribution is 0.0601. The second-order valence-corrected chi connectivity index (χ2v) is 7.54. The first-order valence-electron chi connectivity index (χ1n) is 5.36. The van der Waals surface area contributed by atoms with Crippen molar-refractivity contribution in [2.45, 2.75) is 4.21 Å². The van der Waals surface area contributed by atoms with Crippen LogP contribution in [0.2, 0.25) is 9.62 Å². The smallest absolute Gasteiger partial charge is 0.337 e. The average molecular weight is 367 g/mol. The Balaban J connectivity index is 2.25. The highest BCUT2D eigenvalue weighted by Gasteiger charge is 2.23. The normalized spacial score (nSPS) is 11.2. The van der Waals surface area contributed by atoms with Gasteiger partial charge in [0.2, 0.25) is 0 Å². The second kappa shape index (κ2) is 6.18. The molecular weight excluding hydrogens is 359 g/mol. The fourth-order valence-corrected chi connectivity index (χ4v) is 4.50. The highest BCUT2D eigenvalue weighted by Crippen LogP contribution is 2.32. The second-order valence-electron chi connectivity index (χ2n) is 3.72. The molecule has 1 N–H and O–H groups in total. The lowest BCUT2D eigenvalue weighted by Gasteiger charge is -2.07. The van der Waals surface area contributed by atoms with E-state index in [1.54, 1.807) is 0 Å². The maximum atomic E-state index is 12.1. The Morgan fingerprint density at radius 1 is 1.29 bits per heavy atom. The lowest BCUT2D eigenvalue weighted by atomic mass is 10.2. The van der Waals surface area contributed by atoms with Crippen LogP contribution in [0.25, 0.3) is 0 Å². The highest BCUT2D eigenvalue weighted by atomic mass is 35.5. The molecule has 0 radical (unpaired) electrons. The van der Waals surface area contributed by atoms with Crippen LogP contribution in [0.5, 0.6) is 0 Å². The minimum atomic E-state index is -3.89. The molecule has 6 nitrogen and oxygen atoms in total. The minimum absolute atomic E-state index is 0.0291. The number of nitrogens with zero attached hydrogens (tertiary/aromatic N) is 1. The number of hydrogen-bond acceptors (Lipinski definition) is 6. The summed E-state index contributed by atoms with van der Waals surface area (Å²) in [5.74, 6) is -0.512. The van der Waals surface area contributed by atoms with Crippen LogP contribution in [0.4, 0.5) is 5.69 Å². The van der Waals surface area contributed by atoms with Crippen molar-refractivity contribution in [1.29, 1.82) is 0 Å². The maximum absolute atomic E-state index is 12.1. The van der Waals surface area contributed by atoms with Crippen LogP contribution >= 0.6 is 34.5 Å². The molecule has 0 aliphatic rings. The van der Waals surface area contributed by atoms with Crippen LogP contribution in [-0.4, -0.2) is 26.5 Å². The van der Waals surface area contributed by atoms with Crippen LogP contribution in [-0.2, 0) is 14.8 Å². The van der Waals surface area contributed by atoms with Crippen LogP contribution in [0.3, 0.4) is 0 Å². The molecule has 0 aliphatic carbocycles. The van der Waals surface area contributed by atoms with E-state index in [1.165, 1.54) is 31.4 Å². The molecule has 0 fully saturated rings. The first kappa shape index (κ1) is 16.0. The molecule has 0 saturated carbocycles. The maximum Gasteiger partial charge on any atom is 0.337 e. The molecule has 0 atom stereocenters. The molecule has 10 heteroatoms. The molecule has 2 aromatic rings. The van der Waals surface area contributed by atoms with Gasteiger partial charge < -0.3 is 4.74 Å². The third-order valence-corrected chi connectivity index (χ3v) is 5.88. The number of rotatable bonds is 4. The van der Waals surface area contributed by atoms with Gasteiger partial charge in [0.25, 0.3) is 10.0 Å². The van der Waals surface area contributed by atoms with Gasteiger partial charge >= 0.3 is 5.97 Å². The summed E-state index contributed by atoms with van der Waals surface area (Å²) in [6, 6.07) is 5.73. The van der Waals surface area contributed by atoms with Gasteiger partial charge in [-0.3, -0.25) is 4.72 Å². The standard InChI is InChI=1S/C11H8Cl2N2O4S2/c1-19-9(16)6-2-4-7(5-3-6)15-21(17,18)10-8(12)14-11(13)20-10/h2-5,15H,1H3. The number of carbonyl (C=O) groups excluding carboxylic acids is 1. The van der Waals surface area contributed by atoms with Gasteiger partial charge in [-0.2, -0.15) is 0 Å². The van der Waals surface area contributed by atoms with Crippen molar-refractivity contribution < 1.29 is 17.9 Å². The number of methoxy groups -OCH3 is 1. The third-order valence-electron chi connectivity index (χ3n) is 2.33. The molecule has 112 valence electrons. The third kappa shape index (κ3) is 3.65. The lowest BCUT2D eigenvalue weighted by Crippen LogP contribution is -2.12. The van der Waals surface area contributed by atoms with Crippen molar-refractivity contribution in [3.8, 4) is 0 Å². The molecule has 2 rings (SSSR count). The zero-order chi connectivity index (χ0) is 15.6. The van der Waals surface area contributed by atoms with Crippen molar-refractivity contribution in [3.05, 3.63) is 39.4 Å². The van der Waals surface area contributed by atoms with Crippen molar-refractivity contribution in [2.75, 3.05) is 11.8 Å². The average Bonchev–Trinajstić information content (AvgIpc) is 2.78. The number of halogens is 2. The van der Waals surface area contributed by atoms with Gasteiger partial charge in [0, 0.05) is 5.69 Å². The molecule has 0 unspecified atom stereocenters. The Morgan fingerprint density at radius 2 is 1.90 bits per heavy atom. The van der Waals surface area contributed by atoms with Crippen molar-refractivity contribution in [1.82, 2.24) is 4.98 Å². The van der Waals surface area contributed by atoms with Crippen LogP contribution in [0, 0.1) is 0 Å². The Hall–Kier alpha value is -1.35. The van der Waals surface area contributed by atoms with Gasteiger partial charge in [-0.05, 0) is 24.3 Å².